The second-order valence-electron chi connectivity index (χ2n) is 5.95. The molecule has 8 heteroatoms. The maximum absolute atomic E-state index is 11.8. The van der Waals surface area contributed by atoms with E-state index in [4.69, 9.17) is 19.3 Å². The first-order chi connectivity index (χ1) is 14.3. The maximum atomic E-state index is 11.8. The maximum Gasteiger partial charge on any atom is 0.347 e. The highest BCUT2D eigenvalue weighted by Gasteiger charge is 2.19. The summed E-state index contributed by atoms with van der Waals surface area (Å²) < 4.78 is 15.0. The summed E-state index contributed by atoms with van der Waals surface area (Å²) in [7, 11) is 0. The second-order valence-corrected chi connectivity index (χ2v) is 5.95. The Morgan fingerprint density at radius 3 is 2.20 bits per heavy atom. The van der Waals surface area contributed by atoms with Crippen molar-refractivity contribution < 1.29 is 38.5 Å². The fourth-order valence-corrected chi connectivity index (χ4v) is 1.93. The summed E-state index contributed by atoms with van der Waals surface area (Å²) in [4.78, 5) is 43.6. The van der Waals surface area contributed by atoms with Gasteiger partial charge in [0.15, 0.2) is 6.10 Å². The van der Waals surface area contributed by atoms with Crippen LogP contribution in [0.25, 0.3) is 0 Å². The Balaban J connectivity index is 0.00000150. The number of hydrogen-bond donors (Lipinski definition) is 1. The Hall–Kier alpha value is -3.42. The molecular formula is C22H28O8. The summed E-state index contributed by atoms with van der Waals surface area (Å²) in [5.74, 6) is -2.46. The van der Waals surface area contributed by atoms with Crippen LogP contribution in [-0.2, 0) is 40.0 Å². The zero-order valence-corrected chi connectivity index (χ0v) is 17.1. The molecule has 1 rings (SSSR count). The van der Waals surface area contributed by atoms with E-state index in [-0.39, 0.29) is 13.0 Å². The van der Waals surface area contributed by atoms with Gasteiger partial charge in [0.1, 0.15) is 6.61 Å². The number of aliphatic carboxylic acids is 1. The third-order valence-electron chi connectivity index (χ3n) is 3.47. The van der Waals surface area contributed by atoms with Crippen LogP contribution in [0.2, 0.25) is 0 Å². The lowest BCUT2D eigenvalue weighted by Crippen LogP contribution is -2.26. The van der Waals surface area contributed by atoms with Gasteiger partial charge in [0.05, 0.1) is 6.61 Å². The largest absolute Gasteiger partial charge is 0.478 e. The minimum atomic E-state index is -0.981. The van der Waals surface area contributed by atoms with Crippen LogP contribution in [0.4, 0.5) is 0 Å². The topological polar surface area (TPSA) is 116 Å². The molecule has 1 N–H and O–H groups in total. The highest BCUT2D eigenvalue weighted by atomic mass is 16.6. The van der Waals surface area contributed by atoms with Crippen molar-refractivity contribution in [2.24, 2.45) is 0 Å². The molecule has 0 fully saturated rings. The van der Waals surface area contributed by atoms with Crippen molar-refractivity contribution in [3.8, 4) is 0 Å². The molecule has 0 heterocycles. The lowest BCUT2D eigenvalue weighted by Gasteiger charge is -2.13. The quantitative estimate of drug-likeness (QED) is 0.237. The molecule has 0 saturated carbocycles. The van der Waals surface area contributed by atoms with Crippen molar-refractivity contribution in [1.29, 1.82) is 0 Å². The molecule has 0 bridgehead atoms. The Kier molecular flexibility index (Phi) is 14.6. The van der Waals surface area contributed by atoms with E-state index in [2.05, 4.69) is 13.2 Å². The lowest BCUT2D eigenvalue weighted by atomic mass is 10.2. The van der Waals surface area contributed by atoms with E-state index in [0.717, 1.165) is 17.7 Å². The molecule has 0 saturated heterocycles. The zero-order chi connectivity index (χ0) is 22.8. The lowest BCUT2D eigenvalue weighted by molar-refractivity contribution is -0.167. The summed E-state index contributed by atoms with van der Waals surface area (Å²) in [6.45, 7) is 8.18. The number of carbonyl (C=O) groups excluding carboxylic acids is 3. The van der Waals surface area contributed by atoms with Crippen LogP contribution in [0.3, 0.4) is 0 Å². The molecule has 30 heavy (non-hydrogen) atoms. The molecule has 8 nitrogen and oxygen atoms in total. The van der Waals surface area contributed by atoms with Crippen molar-refractivity contribution in [2.75, 3.05) is 6.61 Å². The van der Waals surface area contributed by atoms with E-state index in [1.165, 1.54) is 6.92 Å². The number of rotatable bonds is 12. The van der Waals surface area contributed by atoms with Crippen LogP contribution in [0.15, 0.2) is 55.6 Å². The number of ether oxygens (including phenoxy) is 3. The number of esters is 3. The number of hydrogen-bond acceptors (Lipinski definition) is 7. The first-order valence-corrected chi connectivity index (χ1v) is 9.34. The van der Waals surface area contributed by atoms with Gasteiger partial charge in [-0.3, -0.25) is 4.79 Å². The molecule has 0 aliphatic rings. The SMILES string of the molecule is C=CC(=O)O.C=CC(=O)OCCCCCC(=O)OC(C)C(=O)OCc1ccccc1. The minimum absolute atomic E-state index is 0.144. The van der Waals surface area contributed by atoms with E-state index in [1.54, 1.807) is 0 Å². The van der Waals surface area contributed by atoms with Gasteiger partial charge in [-0.1, -0.05) is 43.5 Å². The molecular weight excluding hydrogens is 392 g/mol. The summed E-state index contributed by atoms with van der Waals surface area (Å²) >= 11 is 0. The van der Waals surface area contributed by atoms with Gasteiger partial charge in [-0.05, 0) is 31.7 Å². The predicted octanol–water partition coefficient (Wildman–Crippen LogP) is 3.21. The van der Waals surface area contributed by atoms with Crippen molar-refractivity contribution in [1.82, 2.24) is 0 Å². The molecule has 164 valence electrons. The van der Waals surface area contributed by atoms with Gasteiger partial charge < -0.3 is 19.3 Å². The van der Waals surface area contributed by atoms with Crippen LogP contribution >= 0.6 is 0 Å². The molecule has 0 aliphatic carbocycles. The van der Waals surface area contributed by atoms with Gasteiger partial charge in [0, 0.05) is 18.6 Å². The summed E-state index contributed by atoms with van der Waals surface area (Å²) in [6.07, 6.45) is 3.16. The van der Waals surface area contributed by atoms with Crippen molar-refractivity contribution >= 4 is 23.9 Å². The Morgan fingerprint density at radius 2 is 1.63 bits per heavy atom. The van der Waals surface area contributed by atoms with E-state index in [1.807, 2.05) is 30.3 Å². The Morgan fingerprint density at radius 1 is 1.00 bits per heavy atom. The monoisotopic (exact) mass is 420 g/mol. The van der Waals surface area contributed by atoms with Crippen molar-refractivity contribution in [3.05, 3.63) is 61.2 Å². The molecule has 1 unspecified atom stereocenters. The van der Waals surface area contributed by atoms with E-state index < -0.39 is 30.0 Å². The van der Waals surface area contributed by atoms with E-state index in [0.29, 0.717) is 25.9 Å². The molecule has 0 aromatic heterocycles. The minimum Gasteiger partial charge on any atom is -0.478 e. The molecule has 0 amide bonds. The Labute approximate surface area is 176 Å². The number of carboxylic acid groups (broad SMARTS) is 1. The van der Waals surface area contributed by atoms with Crippen LogP contribution < -0.4 is 0 Å². The fourth-order valence-electron chi connectivity index (χ4n) is 1.93. The highest BCUT2D eigenvalue weighted by Crippen LogP contribution is 2.06. The normalized spacial score (nSPS) is 10.4. The van der Waals surface area contributed by atoms with Crippen molar-refractivity contribution in [3.63, 3.8) is 0 Å². The predicted molar refractivity (Wildman–Crippen MR) is 109 cm³/mol. The Bertz CT molecular complexity index is 696. The van der Waals surface area contributed by atoms with Crippen LogP contribution in [-0.4, -0.2) is 41.7 Å². The fraction of sp³-hybridized carbons (Fsp3) is 0.364. The molecule has 1 atom stereocenters. The molecule has 0 radical (unpaired) electrons. The molecule has 0 spiro atoms. The third kappa shape index (κ3) is 14.6. The van der Waals surface area contributed by atoms with Crippen LogP contribution in [0, 0.1) is 0 Å². The molecule has 0 aliphatic heterocycles. The number of carboxylic acids is 1. The third-order valence-corrected chi connectivity index (χ3v) is 3.47. The van der Waals surface area contributed by atoms with Gasteiger partial charge in [-0.15, -0.1) is 0 Å². The average Bonchev–Trinajstić information content (AvgIpc) is 2.75. The molecule has 1 aromatic carbocycles. The van der Waals surface area contributed by atoms with Crippen molar-refractivity contribution in [2.45, 2.75) is 45.3 Å². The van der Waals surface area contributed by atoms with Gasteiger partial charge in [0.2, 0.25) is 0 Å². The zero-order valence-electron chi connectivity index (χ0n) is 17.1. The highest BCUT2D eigenvalue weighted by molar-refractivity contribution is 5.81. The number of unbranched alkanes of at least 4 members (excludes halogenated alkanes) is 2. The molecule has 1 aromatic rings. The van der Waals surface area contributed by atoms with Gasteiger partial charge in [-0.2, -0.15) is 0 Å². The summed E-state index contributed by atoms with van der Waals surface area (Å²) in [5, 5.41) is 7.60. The first kappa shape index (κ1) is 26.6. The number of carbonyl (C=O) groups is 4. The average molecular weight is 420 g/mol. The van der Waals surface area contributed by atoms with Crippen LogP contribution in [0.1, 0.15) is 38.2 Å². The first-order valence-electron chi connectivity index (χ1n) is 9.34. The summed E-state index contributed by atoms with van der Waals surface area (Å²) in [6, 6.07) is 9.27. The van der Waals surface area contributed by atoms with Gasteiger partial charge in [0.25, 0.3) is 0 Å². The number of benzene rings is 1. The standard InChI is InChI=1S/C19H24O6.C3H4O2/c1-3-17(20)23-13-9-5-8-12-18(21)25-15(2)19(22)24-14-16-10-6-4-7-11-16;1-2-3(4)5/h3-4,6-7,10-11,15H,1,5,8-9,12-14H2,2H3;2H,1H2,(H,4,5). The van der Waals surface area contributed by atoms with Gasteiger partial charge >= 0.3 is 23.9 Å². The van der Waals surface area contributed by atoms with Crippen LogP contribution in [0.5, 0.6) is 0 Å². The second kappa shape index (κ2) is 16.5. The van der Waals surface area contributed by atoms with Gasteiger partial charge in [-0.25, -0.2) is 14.4 Å². The van der Waals surface area contributed by atoms with E-state index in [9.17, 15) is 19.2 Å². The van der Waals surface area contributed by atoms with E-state index >= 15 is 0 Å². The summed E-state index contributed by atoms with van der Waals surface area (Å²) in [5.41, 5.74) is 0.867. The smallest absolute Gasteiger partial charge is 0.347 e.